The summed E-state index contributed by atoms with van der Waals surface area (Å²) < 4.78 is 7.00. The molecular weight excluding hydrogens is 364 g/mol. The van der Waals surface area contributed by atoms with Gasteiger partial charge in [0.15, 0.2) is 0 Å². The lowest BCUT2D eigenvalue weighted by molar-refractivity contribution is -0.140. The maximum atomic E-state index is 11.8. The summed E-state index contributed by atoms with van der Waals surface area (Å²) in [5.41, 5.74) is 7.13. The van der Waals surface area contributed by atoms with Crippen LogP contribution in [-0.4, -0.2) is 33.3 Å². The minimum absolute atomic E-state index is 0.247. The molecule has 0 unspecified atom stereocenters. The van der Waals surface area contributed by atoms with Gasteiger partial charge >= 0.3 is 5.97 Å². The Morgan fingerprint density at radius 1 is 1.14 bits per heavy atom. The number of carbonyl (C=O) groups excluding carboxylic acids is 1. The molecule has 1 atom stereocenters. The number of aliphatic imine (C=N–C) groups is 1. The van der Waals surface area contributed by atoms with Crippen molar-refractivity contribution in [1.82, 2.24) is 14.5 Å². The van der Waals surface area contributed by atoms with Crippen molar-refractivity contribution in [2.45, 2.75) is 39.7 Å². The molecule has 0 fully saturated rings. The minimum atomic E-state index is -0.271. The molecule has 2 aromatic heterocycles. The number of imidazole rings is 1. The van der Waals surface area contributed by atoms with E-state index in [1.165, 1.54) is 18.2 Å². The predicted molar refractivity (Wildman–Crippen MR) is 112 cm³/mol. The van der Waals surface area contributed by atoms with E-state index in [9.17, 15) is 4.79 Å². The number of rotatable bonds is 4. The number of hydrogen-bond acceptors (Lipinski definition) is 5. The number of benzene rings is 1. The van der Waals surface area contributed by atoms with Crippen LogP contribution in [0.3, 0.4) is 0 Å². The van der Waals surface area contributed by atoms with E-state index >= 15 is 0 Å². The van der Waals surface area contributed by atoms with E-state index in [4.69, 9.17) is 9.73 Å². The van der Waals surface area contributed by atoms with Crippen LogP contribution in [0, 0.1) is 20.8 Å². The first-order valence-corrected chi connectivity index (χ1v) is 9.72. The van der Waals surface area contributed by atoms with Crippen molar-refractivity contribution in [3.05, 3.63) is 76.6 Å². The van der Waals surface area contributed by atoms with Crippen molar-refractivity contribution in [2.24, 2.45) is 4.99 Å². The first-order valence-electron chi connectivity index (χ1n) is 9.72. The fourth-order valence-electron chi connectivity index (χ4n) is 3.72. The van der Waals surface area contributed by atoms with Gasteiger partial charge in [-0.2, -0.15) is 0 Å². The lowest BCUT2D eigenvalue weighted by atomic mass is 9.98. The number of pyridine rings is 1. The highest BCUT2D eigenvalue weighted by Crippen LogP contribution is 2.34. The van der Waals surface area contributed by atoms with Gasteiger partial charge in [0.1, 0.15) is 11.9 Å². The van der Waals surface area contributed by atoms with E-state index in [0.29, 0.717) is 6.42 Å². The number of ether oxygens (including phenoxy) is 1. The Morgan fingerprint density at radius 3 is 2.66 bits per heavy atom. The number of nitrogens with zero attached hydrogens (tertiary/aromatic N) is 4. The van der Waals surface area contributed by atoms with Crippen LogP contribution in [0.1, 0.15) is 52.8 Å². The molecule has 148 valence electrons. The Bertz CT molecular complexity index is 1100. The van der Waals surface area contributed by atoms with E-state index in [-0.39, 0.29) is 18.4 Å². The monoisotopic (exact) mass is 388 g/mol. The molecule has 6 nitrogen and oxygen atoms in total. The molecule has 6 heteroatoms. The fraction of sp³-hybridized carbons (Fsp3) is 0.304. The number of esters is 1. The Hall–Kier alpha value is -3.28. The second-order valence-corrected chi connectivity index (χ2v) is 7.37. The normalized spacial score (nSPS) is 15.2. The smallest absolute Gasteiger partial charge is 0.305 e. The summed E-state index contributed by atoms with van der Waals surface area (Å²) in [4.78, 5) is 26.1. The van der Waals surface area contributed by atoms with Gasteiger partial charge in [-0.1, -0.05) is 6.07 Å². The second-order valence-electron chi connectivity index (χ2n) is 7.37. The van der Waals surface area contributed by atoms with Gasteiger partial charge in [-0.15, -0.1) is 0 Å². The molecule has 3 aromatic rings. The molecule has 0 saturated heterocycles. The summed E-state index contributed by atoms with van der Waals surface area (Å²) in [6.07, 6.45) is 4.43. The summed E-state index contributed by atoms with van der Waals surface area (Å²) in [5.74, 6) is 0.588. The van der Waals surface area contributed by atoms with Crippen molar-refractivity contribution >= 4 is 11.7 Å². The fourth-order valence-corrected chi connectivity index (χ4v) is 3.72. The molecule has 0 bridgehead atoms. The third-order valence-corrected chi connectivity index (χ3v) is 5.41. The van der Waals surface area contributed by atoms with Crippen molar-refractivity contribution < 1.29 is 9.53 Å². The van der Waals surface area contributed by atoms with E-state index in [0.717, 1.165) is 34.2 Å². The Kier molecular flexibility index (Phi) is 5.01. The summed E-state index contributed by atoms with van der Waals surface area (Å²) in [6.45, 7) is 6.25. The van der Waals surface area contributed by atoms with Gasteiger partial charge in [0.05, 0.1) is 24.2 Å². The van der Waals surface area contributed by atoms with Gasteiger partial charge in [0, 0.05) is 30.1 Å². The summed E-state index contributed by atoms with van der Waals surface area (Å²) in [5, 5.41) is 0. The third kappa shape index (κ3) is 3.46. The third-order valence-electron chi connectivity index (χ3n) is 5.41. The Morgan fingerprint density at radius 2 is 1.93 bits per heavy atom. The molecule has 3 heterocycles. The Labute approximate surface area is 170 Å². The number of aromatic nitrogens is 3. The lowest BCUT2D eigenvalue weighted by Crippen LogP contribution is -2.10. The van der Waals surface area contributed by atoms with Crippen molar-refractivity contribution in [3.63, 3.8) is 0 Å². The zero-order valence-corrected chi connectivity index (χ0v) is 17.1. The van der Waals surface area contributed by atoms with Gasteiger partial charge in [-0.05, 0) is 62.6 Å². The van der Waals surface area contributed by atoms with Gasteiger partial charge < -0.3 is 4.74 Å². The van der Waals surface area contributed by atoms with Crippen LogP contribution in [0.2, 0.25) is 0 Å². The highest BCUT2D eigenvalue weighted by atomic mass is 16.5. The largest absolute Gasteiger partial charge is 0.469 e. The van der Waals surface area contributed by atoms with E-state index in [1.807, 2.05) is 31.3 Å². The molecule has 29 heavy (non-hydrogen) atoms. The number of hydrogen-bond donors (Lipinski definition) is 0. The van der Waals surface area contributed by atoms with Crippen molar-refractivity contribution in [3.8, 4) is 5.69 Å². The number of aryl methyl sites for hydroxylation is 3. The highest BCUT2D eigenvalue weighted by molar-refractivity contribution is 6.14. The molecule has 4 rings (SSSR count). The second kappa shape index (κ2) is 7.62. The molecule has 0 N–H and O–H groups in total. The zero-order chi connectivity index (χ0) is 20.5. The van der Waals surface area contributed by atoms with Crippen LogP contribution < -0.4 is 0 Å². The van der Waals surface area contributed by atoms with Crippen LogP contribution in [0.4, 0.5) is 0 Å². The van der Waals surface area contributed by atoms with Crippen LogP contribution in [0.25, 0.3) is 5.69 Å². The standard InChI is InChI=1S/C23H24N4O2/c1-14-11-17-20(12-15(14)2)27-16(3)13-25-23(27)19(8-9-21(28)29-4)26-22(17)18-7-5-6-10-24-18/h5-7,10-13,19H,8-9H2,1-4H3/t19-/m0/s1. The molecule has 1 aliphatic heterocycles. The lowest BCUT2D eigenvalue weighted by Gasteiger charge is -2.16. The molecule has 1 aromatic carbocycles. The molecule has 0 spiro atoms. The van der Waals surface area contributed by atoms with E-state index in [1.54, 1.807) is 6.20 Å². The van der Waals surface area contributed by atoms with Gasteiger partial charge in [0.2, 0.25) is 0 Å². The average Bonchev–Trinajstić information content (AvgIpc) is 3.05. The first-order chi connectivity index (χ1) is 14.0. The molecule has 0 amide bonds. The highest BCUT2D eigenvalue weighted by Gasteiger charge is 2.28. The summed E-state index contributed by atoms with van der Waals surface area (Å²) >= 11 is 0. The molecular formula is C23H24N4O2. The molecule has 0 radical (unpaired) electrons. The van der Waals surface area contributed by atoms with E-state index in [2.05, 4.69) is 40.5 Å². The number of methoxy groups -OCH3 is 1. The van der Waals surface area contributed by atoms with Crippen molar-refractivity contribution in [1.29, 1.82) is 0 Å². The van der Waals surface area contributed by atoms with Crippen LogP contribution in [-0.2, 0) is 9.53 Å². The van der Waals surface area contributed by atoms with Crippen molar-refractivity contribution in [2.75, 3.05) is 7.11 Å². The van der Waals surface area contributed by atoms with Gasteiger partial charge in [-0.3, -0.25) is 19.3 Å². The maximum Gasteiger partial charge on any atom is 0.305 e. The number of fused-ring (bicyclic) bond motifs is 3. The molecule has 0 aliphatic carbocycles. The van der Waals surface area contributed by atoms with Gasteiger partial charge in [-0.25, -0.2) is 4.98 Å². The topological polar surface area (TPSA) is 69.4 Å². The number of carbonyl (C=O) groups is 1. The summed E-state index contributed by atoms with van der Waals surface area (Å²) in [6, 6.07) is 9.91. The first kappa shape index (κ1) is 19.1. The zero-order valence-electron chi connectivity index (χ0n) is 17.1. The quantitative estimate of drug-likeness (QED) is 0.633. The Balaban J connectivity index is 1.96. The van der Waals surface area contributed by atoms with Crippen LogP contribution >= 0.6 is 0 Å². The molecule has 0 saturated carbocycles. The van der Waals surface area contributed by atoms with Gasteiger partial charge in [0.25, 0.3) is 0 Å². The predicted octanol–water partition coefficient (Wildman–Crippen LogP) is 4.04. The minimum Gasteiger partial charge on any atom is -0.469 e. The maximum absolute atomic E-state index is 11.8. The van der Waals surface area contributed by atoms with Crippen LogP contribution in [0.5, 0.6) is 0 Å². The SMILES string of the molecule is COC(=O)CC[C@@H]1N=C(c2ccccn2)c2cc(C)c(C)cc2-n2c(C)cnc21. The van der Waals surface area contributed by atoms with Crippen LogP contribution in [0.15, 0.2) is 47.7 Å². The summed E-state index contributed by atoms with van der Waals surface area (Å²) in [7, 11) is 1.41. The molecule has 1 aliphatic rings. The average molecular weight is 388 g/mol. The van der Waals surface area contributed by atoms with E-state index < -0.39 is 0 Å².